The molecule has 14 heteroatoms. The fraction of sp³-hybridized carbons (Fsp3) is 0.393. The van der Waals surface area contributed by atoms with Crippen molar-refractivity contribution < 1.29 is 31.2 Å². The van der Waals surface area contributed by atoms with Gasteiger partial charge in [0.2, 0.25) is 22.2 Å². The molecule has 5 rings (SSSR count). The third-order valence-corrected chi connectivity index (χ3v) is 9.95. The standard InChI is InChI=1S/C26H28Cl2N4O3S.C2HF3O/c1-31(2)36(34,35)20-6-3-16(4-7-20)18-12-22(27)21(23(28)13-18)11-17-9-10-32(26(17)33)19-5-8-24-25(14-19)30-15-29-24;3-2(4,5)1-6/h3-4,6-7,12-13,15,17,19H,5,8-11,14H2,1-2H3,(H,29,30);1H/t17-,19?;/m0./s1. The van der Waals surface area contributed by atoms with E-state index < -0.39 is 22.5 Å². The number of aromatic amines is 1. The van der Waals surface area contributed by atoms with Gasteiger partial charge in [0, 0.05) is 54.8 Å². The van der Waals surface area contributed by atoms with Gasteiger partial charge in [-0.15, -0.1) is 0 Å². The second-order valence-electron chi connectivity index (χ2n) is 10.3. The highest BCUT2D eigenvalue weighted by Crippen LogP contribution is 2.36. The van der Waals surface area contributed by atoms with Crippen LogP contribution in [0.3, 0.4) is 0 Å². The van der Waals surface area contributed by atoms with Crippen molar-refractivity contribution in [2.45, 2.75) is 49.2 Å². The molecule has 2 heterocycles. The summed E-state index contributed by atoms with van der Waals surface area (Å²) < 4.78 is 57.1. The molecule has 0 bridgehead atoms. The summed E-state index contributed by atoms with van der Waals surface area (Å²) >= 11 is 13.3. The number of sulfonamides is 1. The zero-order valence-electron chi connectivity index (χ0n) is 22.8. The van der Waals surface area contributed by atoms with Crippen LogP contribution in [-0.4, -0.2) is 72.6 Å². The molecule has 1 aliphatic heterocycles. The lowest BCUT2D eigenvalue weighted by Gasteiger charge is -2.31. The third-order valence-electron chi connectivity index (χ3n) is 7.44. The van der Waals surface area contributed by atoms with Crippen molar-refractivity contribution in [2.75, 3.05) is 20.6 Å². The summed E-state index contributed by atoms with van der Waals surface area (Å²) in [6, 6.07) is 10.5. The van der Waals surface area contributed by atoms with Gasteiger partial charge in [0.05, 0.1) is 16.9 Å². The van der Waals surface area contributed by atoms with Crippen molar-refractivity contribution in [1.82, 2.24) is 19.2 Å². The monoisotopic (exact) mass is 644 g/mol. The van der Waals surface area contributed by atoms with Crippen LogP contribution < -0.4 is 0 Å². The topological polar surface area (TPSA) is 103 Å². The quantitative estimate of drug-likeness (QED) is 0.365. The molecule has 1 amide bonds. The number of nitrogens with one attached hydrogen (secondary N) is 1. The van der Waals surface area contributed by atoms with Crippen LogP contribution in [0.25, 0.3) is 11.1 Å². The van der Waals surface area contributed by atoms with E-state index in [0.29, 0.717) is 16.5 Å². The predicted octanol–water partition coefficient (Wildman–Crippen LogP) is 5.33. The number of aromatic nitrogens is 2. The molecule has 1 aliphatic carbocycles. The summed E-state index contributed by atoms with van der Waals surface area (Å²) in [6.45, 7) is 0.743. The average Bonchev–Trinajstić information content (AvgIpc) is 3.56. The smallest absolute Gasteiger partial charge is 0.348 e. The number of alkyl halides is 3. The zero-order chi connectivity index (χ0) is 30.8. The third kappa shape index (κ3) is 7.16. The summed E-state index contributed by atoms with van der Waals surface area (Å²) in [4.78, 5) is 31.8. The van der Waals surface area contributed by atoms with Crippen LogP contribution in [0.5, 0.6) is 0 Å². The van der Waals surface area contributed by atoms with Crippen molar-refractivity contribution in [3.05, 3.63) is 69.7 Å². The number of aldehydes is 1. The average molecular weight is 646 g/mol. The van der Waals surface area contributed by atoms with E-state index >= 15 is 0 Å². The number of hydrogen-bond acceptors (Lipinski definition) is 5. The van der Waals surface area contributed by atoms with Crippen LogP contribution in [0.2, 0.25) is 10.0 Å². The Bertz CT molecular complexity index is 1540. The van der Waals surface area contributed by atoms with Crippen molar-refractivity contribution in [3.8, 4) is 11.1 Å². The summed E-state index contributed by atoms with van der Waals surface area (Å²) in [7, 11) is -0.501. The number of nitrogens with zero attached hydrogens (tertiary/aromatic N) is 3. The van der Waals surface area contributed by atoms with Gasteiger partial charge in [-0.3, -0.25) is 9.59 Å². The summed E-state index contributed by atoms with van der Waals surface area (Å²) in [5.41, 5.74) is 4.62. The number of H-pyrrole nitrogens is 1. The number of carbonyl (C=O) groups is 2. The minimum absolute atomic E-state index is 0.149. The highest BCUT2D eigenvalue weighted by atomic mass is 35.5. The maximum atomic E-state index is 13.3. The molecule has 1 saturated heterocycles. The summed E-state index contributed by atoms with van der Waals surface area (Å²) in [5.74, 6) is 0.0152. The van der Waals surface area contributed by atoms with E-state index in [9.17, 15) is 26.4 Å². The van der Waals surface area contributed by atoms with E-state index in [1.165, 1.54) is 18.4 Å². The first-order chi connectivity index (χ1) is 19.7. The number of carbonyl (C=O) groups excluding carboxylic acids is 2. The number of imidazole rings is 1. The first kappa shape index (κ1) is 32.0. The summed E-state index contributed by atoms with van der Waals surface area (Å²) in [5, 5.41) is 1.02. The second-order valence-corrected chi connectivity index (χ2v) is 13.3. The molecule has 226 valence electrons. The van der Waals surface area contributed by atoms with Crippen molar-refractivity contribution >= 4 is 45.4 Å². The Hall–Kier alpha value is -2.93. The molecular formula is C28H29Cl2F3N4O4S. The number of aryl methyl sites for hydroxylation is 1. The van der Waals surface area contributed by atoms with E-state index in [0.717, 1.165) is 60.3 Å². The Balaban J connectivity index is 0.000000612. The number of amides is 1. The molecule has 3 aromatic rings. The van der Waals surface area contributed by atoms with Gasteiger partial charge in [-0.05, 0) is 66.6 Å². The first-order valence-electron chi connectivity index (χ1n) is 13.1. The maximum Gasteiger partial charge on any atom is 0.446 e. The molecule has 2 aliphatic rings. The van der Waals surface area contributed by atoms with Gasteiger partial charge in [0.15, 0.2) is 0 Å². The second kappa shape index (κ2) is 12.7. The van der Waals surface area contributed by atoms with Gasteiger partial charge in [-0.1, -0.05) is 35.3 Å². The molecule has 0 radical (unpaired) electrons. The first-order valence-corrected chi connectivity index (χ1v) is 15.3. The Morgan fingerprint density at radius 2 is 1.71 bits per heavy atom. The van der Waals surface area contributed by atoms with Crippen LogP contribution in [0, 0.1) is 5.92 Å². The van der Waals surface area contributed by atoms with Crippen molar-refractivity contribution in [2.24, 2.45) is 5.92 Å². The van der Waals surface area contributed by atoms with Crippen LogP contribution in [-0.2, 0) is 38.9 Å². The van der Waals surface area contributed by atoms with E-state index in [1.54, 1.807) is 30.6 Å². The van der Waals surface area contributed by atoms with Gasteiger partial charge in [0.25, 0.3) is 0 Å². The molecule has 2 atom stereocenters. The molecular weight excluding hydrogens is 616 g/mol. The lowest BCUT2D eigenvalue weighted by molar-refractivity contribution is -0.156. The largest absolute Gasteiger partial charge is 0.446 e. The van der Waals surface area contributed by atoms with E-state index in [-0.39, 0.29) is 22.8 Å². The Labute approximate surface area is 251 Å². The molecule has 1 unspecified atom stereocenters. The van der Waals surface area contributed by atoms with E-state index in [1.807, 2.05) is 17.0 Å². The minimum Gasteiger partial charge on any atom is -0.348 e. The number of halogens is 5. The molecule has 42 heavy (non-hydrogen) atoms. The molecule has 2 aromatic carbocycles. The van der Waals surface area contributed by atoms with Crippen LogP contribution in [0.15, 0.2) is 47.6 Å². The lowest BCUT2D eigenvalue weighted by Crippen LogP contribution is -2.41. The maximum absolute atomic E-state index is 13.3. The zero-order valence-corrected chi connectivity index (χ0v) is 25.1. The fourth-order valence-corrected chi connectivity index (χ4v) is 6.75. The lowest BCUT2D eigenvalue weighted by atomic mass is 9.94. The number of hydrogen-bond donors (Lipinski definition) is 1. The molecule has 1 N–H and O–H groups in total. The number of rotatable bonds is 6. The van der Waals surface area contributed by atoms with Crippen LogP contribution >= 0.6 is 23.2 Å². The number of benzene rings is 2. The van der Waals surface area contributed by atoms with E-state index in [4.69, 9.17) is 28.0 Å². The van der Waals surface area contributed by atoms with Crippen LogP contribution in [0.1, 0.15) is 29.8 Å². The van der Waals surface area contributed by atoms with Crippen molar-refractivity contribution in [3.63, 3.8) is 0 Å². The van der Waals surface area contributed by atoms with Crippen LogP contribution in [0.4, 0.5) is 13.2 Å². The predicted molar refractivity (Wildman–Crippen MR) is 153 cm³/mol. The summed E-state index contributed by atoms with van der Waals surface area (Å²) in [6.07, 6.45) is -0.0575. The SMILES string of the molecule is CN(C)S(=O)(=O)c1ccc(-c2cc(Cl)c(C[C@@H]3CCN(C4CCc5nc[nH]c5C4)C3=O)c(Cl)c2)cc1.O=CC(F)(F)F. The van der Waals surface area contributed by atoms with Crippen molar-refractivity contribution in [1.29, 1.82) is 0 Å². The van der Waals surface area contributed by atoms with Gasteiger partial charge < -0.3 is 9.88 Å². The Kier molecular flexibility index (Phi) is 9.71. The van der Waals surface area contributed by atoms with Gasteiger partial charge in [-0.2, -0.15) is 13.2 Å². The minimum atomic E-state index is -4.64. The number of likely N-dealkylation sites (tertiary alicyclic amines) is 1. The highest BCUT2D eigenvalue weighted by molar-refractivity contribution is 7.89. The normalized spacial score (nSPS) is 19.0. The van der Waals surface area contributed by atoms with Gasteiger partial charge >= 0.3 is 6.18 Å². The Morgan fingerprint density at radius 1 is 1.10 bits per heavy atom. The fourth-order valence-electron chi connectivity index (χ4n) is 5.20. The number of fused-ring (bicyclic) bond motifs is 1. The molecule has 0 saturated carbocycles. The molecule has 0 spiro atoms. The Morgan fingerprint density at radius 3 is 2.29 bits per heavy atom. The molecule has 8 nitrogen and oxygen atoms in total. The van der Waals surface area contributed by atoms with Gasteiger partial charge in [0.1, 0.15) is 0 Å². The molecule has 1 fully saturated rings. The highest BCUT2D eigenvalue weighted by Gasteiger charge is 2.38. The van der Waals surface area contributed by atoms with Gasteiger partial charge in [-0.25, -0.2) is 17.7 Å². The molecule has 1 aromatic heterocycles. The van der Waals surface area contributed by atoms with E-state index in [2.05, 4.69) is 9.97 Å².